The molecule has 224 valence electrons. The number of carbonyl (C=O) groups is 2. The summed E-state index contributed by atoms with van der Waals surface area (Å²) in [7, 11) is 0. The largest absolute Gasteiger partial charge is 0.460 e. The second kappa shape index (κ2) is 9.22. The molecule has 2 bridgehead atoms. The van der Waals surface area contributed by atoms with Gasteiger partial charge in [0, 0.05) is 35.2 Å². The summed E-state index contributed by atoms with van der Waals surface area (Å²) in [6.45, 7) is 1.60. The quantitative estimate of drug-likeness (QED) is 0.150. The molecule has 3 aliphatic heterocycles. The average molecular weight is 573 g/mol. The lowest BCUT2D eigenvalue weighted by Gasteiger charge is -2.68. The van der Waals surface area contributed by atoms with E-state index < -0.39 is 120 Å². The molecule has 3 saturated heterocycles. The van der Waals surface area contributed by atoms with Crippen molar-refractivity contribution in [2.45, 2.75) is 81.2 Å². The Labute approximate surface area is 228 Å². The third kappa shape index (κ3) is 3.32. The summed E-state index contributed by atoms with van der Waals surface area (Å²) < 4.78 is 23.2. The molecule has 0 aromatic carbocycles. The van der Waals surface area contributed by atoms with Crippen molar-refractivity contribution in [3.8, 4) is 0 Å². The molecule has 5 fully saturated rings. The van der Waals surface area contributed by atoms with Crippen LogP contribution in [0.2, 0.25) is 0 Å². The molecule has 2 saturated carbocycles. The highest BCUT2D eigenvalue weighted by Crippen LogP contribution is 2.73. The highest BCUT2D eigenvalue weighted by atomic mass is 16.7. The number of hydrogen-bond donors (Lipinski definition) is 8. The van der Waals surface area contributed by atoms with Crippen LogP contribution in [0, 0.1) is 34.5 Å². The van der Waals surface area contributed by atoms with Crippen LogP contribution >= 0.6 is 0 Å². The van der Waals surface area contributed by atoms with Crippen LogP contribution in [0.5, 0.6) is 0 Å². The molecule has 6 rings (SSSR count). The minimum atomic E-state index is -2.33. The van der Waals surface area contributed by atoms with Gasteiger partial charge in [-0.05, 0) is 25.3 Å². The molecule has 0 aromatic heterocycles. The van der Waals surface area contributed by atoms with Crippen LogP contribution in [0.25, 0.3) is 0 Å². The first-order valence-corrected chi connectivity index (χ1v) is 13.5. The van der Waals surface area contributed by atoms with Gasteiger partial charge in [0.25, 0.3) is 0 Å². The molecule has 6 aliphatic rings. The average Bonchev–Trinajstić information content (AvgIpc) is 3.20. The summed E-state index contributed by atoms with van der Waals surface area (Å²) in [6, 6.07) is 0. The number of fused-ring (bicyclic) bond motifs is 1. The minimum absolute atomic E-state index is 0.155. The molecule has 40 heavy (non-hydrogen) atoms. The first-order valence-electron chi connectivity index (χ1n) is 13.5. The van der Waals surface area contributed by atoms with Gasteiger partial charge in [-0.1, -0.05) is 12.5 Å². The zero-order valence-corrected chi connectivity index (χ0v) is 21.9. The van der Waals surface area contributed by atoms with Crippen LogP contribution in [0.15, 0.2) is 11.6 Å². The number of aliphatic hydroxyl groups excluding tert-OH is 7. The van der Waals surface area contributed by atoms with Crippen LogP contribution in [0.3, 0.4) is 0 Å². The lowest BCUT2D eigenvalue weighted by Crippen LogP contribution is -2.78. The van der Waals surface area contributed by atoms with Crippen LogP contribution in [0.1, 0.15) is 20.3 Å². The molecule has 0 aromatic rings. The Morgan fingerprint density at radius 3 is 2.40 bits per heavy atom. The summed E-state index contributed by atoms with van der Waals surface area (Å²) in [5.74, 6) is -7.89. The first kappa shape index (κ1) is 28.6. The molecule has 1 spiro atoms. The van der Waals surface area contributed by atoms with Crippen molar-refractivity contribution in [1.29, 1.82) is 0 Å². The van der Waals surface area contributed by atoms with E-state index >= 15 is 0 Å². The van der Waals surface area contributed by atoms with E-state index in [1.54, 1.807) is 13.8 Å². The van der Waals surface area contributed by atoms with E-state index in [1.165, 1.54) is 6.08 Å². The smallest absolute Gasteiger partial charge is 0.336 e. The van der Waals surface area contributed by atoms with Gasteiger partial charge < -0.3 is 59.8 Å². The van der Waals surface area contributed by atoms with E-state index in [4.69, 9.17) is 18.9 Å². The van der Waals surface area contributed by atoms with E-state index in [-0.39, 0.29) is 13.0 Å². The molecule has 3 aliphatic carbocycles. The maximum Gasteiger partial charge on any atom is 0.336 e. The number of hydrogen-bond acceptors (Lipinski definition) is 14. The Morgan fingerprint density at radius 2 is 1.75 bits per heavy atom. The van der Waals surface area contributed by atoms with Crippen molar-refractivity contribution in [2.24, 2.45) is 34.5 Å². The molecule has 3 heterocycles. The van der Waals surface area contributed by atoms with Crippen LogP contribution in [-0.2, 0) is 28.5 Å². The predicted molar refractivity (Wildman–Crippen MR) is 126 cm³/mol. The SMILES string of the molecule is CC1=CC(=O)[C@@H](O)[C@]2(C)[C@H]3[C@@]4(O)OC[C@]35[C@H]([C@@H](CO)[C@H]4O)[C@@H](OC3OC(CO)C(O)C(O)C3O)C(=O)O[C@@H]5C[C@@H]12. The molecule has 0 radical (unpaired) electrons. The van der Waals surface area contributed by atoms with Gasteiger partial charge in [-0.15, -0.1) is 0 Å². The van der Waals surface area contributed by atoms with Crippen molar-refractivity contribution in [2.75, 3.05) is 19.8 Å². The standard InChI is InChI=1S/C26H36O14/c1-8-3-11(29)20(34)24(2)10(8)4-13-25-7-37-26(36,23(24)25)19(33)9(5-27)14(25)18(21(35)39-13)40-22-17(32)16(31)15(30)12(6-28)38-22/h3,9-10,12-20,22-23,27-28,30-34,36H,4-7H2,1-2H3/t9-,10+,12?,13-,14-,15?,16?,17?,18-,19-,20-,22?,23-,24-,25+,26+/m1/s1. The molecule has 14 heteroatoms. The summed E-state index contributed by atoms with van der Waals surface area (Å²) in [5, 5.41) is 85.8. The van der Waals surface area contributed by atoms with Crippen molar-refractivity contribution >= 4 is 11.8 Å². The van der Waals surface area contributed by atoms with Gasteiger partial charge in [0.05, 0.1) is 13.2 Å². The second-order valence-corrected chi connectivity index (χ2v) is 12.4. The highest BCUT2D eigenvalue weighted by molar-refractivity contribution is 5.96. The molecular formula is C26H36O14. The van der Waals surface area contributed by atoms with Crippen LogP contribution in [0.4, 0.5) is 0 Å². The molecule has 14 nitrogen and oxygen atoms in total. The molecule has 8 N–H and O–H groups in total. The van der Waals surface area contributed by atoms with E-state index in [1.807, 2.05) is 0 Å². The molecular weight excluding hydrogens is 536 g/mol. The van der Waals surface area contributed by atoms with Gasteiger partial charge in [-0.3, -0.25) is 4.79 Å². The maximum absolute atomic E-state index is 13.6. The Morgan fingerprint density at radius 1 is 1.05 bits per heavy atom. The van der Waals surface area contributed by atoms with E-state index in [0.717, 1.165) is 0 Å². The highest BCUT2D eigenvalue weighted by Gasteiger charge is 2.84. The summed E-state index contributed by atoms with van der Waals surface area (Å²) in [6.07, 6.45) is -12.9. The van der Waals surface area contributed by atoms with E-state index in [0.29, 0.717) is 5.57 Å². The van der Waals surface area contributed by atoms with Gasteiger partial charge in [-0.2, -0.15) is 0 Å². The predicted octanol–water partition coefficient (Wildman–Crippen LogP) is -4.07. The van der Waals surface area contributed by atoms with Crippen molar-refractivity contribution < 1.29 is 69.4 Å². The van der Waals surface area contributed by atoms with Gasteiger partial charge in [-0.25, -0.2) is 4.79 Å². The summed E-state index contributed by atoms with van der Waals surface area (Å²) in [5.41, 5.74) is -2.13. The second-order valence-electron chi connectivity index (χ2n) is 12.4. The maximum atomic E-state index is 13.6. The Balaban J connectivity index is 1.48. The first-order chi connectivity index (χ1) is 18.8. The Hall–Kier alpha value is -1.56. The van der Waals surface area contributed by atoms with Gasteiger partial charge >= 0.3 is 5.97 Å². The fourth-order valence-corrected chi connectivity index (χ4v) is 9.08. The molecule has 5 unspecified atom stereocenters. The van der Waals surface area contributed by atoms with Crippen LogP contribution < -0.4 is 0 Å². The normalized spacial score (nSPS) is 57.1. The topological polar surface area (TPSA) is 233 Å². The fraction of sp³-hybridized carbons (Fsp3) is 0.846. The Kier molecular flexibility index (Phi) is 6.58. The third-order valence-corrected chi connectivity index (χ3v) is 10.8. The Bertz CT molecular complexity index is 1110. The number of ether oxygens (including phenoxy) is 4. The van der Waals surface area contributed by atoms with E-state index in [2.05, 4.69) is 0 Å². The summed E-state index contributed by atoms with van der Waals surface area (Å²) in [4.78, 5) is 26.4. The van der Waals surface area contributed by atoms with E-state index in [9.17, 15) is 50.4 Å². The lowest BCUT2D eigenvalue weighted by molar-refractivity contribution is -0.361. The van der Waals surface area contributed by atoms with Gasteiger partial charge in [0.1, 0.15) is 42.7 Å². The number of rotatable bonds is 4. The number of ketones is 1. The zero-order valence-electron chi connectivity index (χ0n) is 21.9. The number of aliphatic hydroxyl groups is 8. The fourth-order valence-electron chi connectivity index (χ4n) is 9.08. The zero-order chi connectivity index (χ0) is 29.1. The van der Waals surface area contributed by atoms with Crippen LogP contribution in [-0.4, -0.2) is 133 Å². The number of esters is 1. The van der Waals surface area contributed by atoms with Gasteiger partial charge in [0.2, 0.25) is 0 Å². The molecule has 16 atom stereocenters. The van der Waals surface area contributed by atoms with Crippen molar-refractivity contribution in [3.05, 3.63) is 11.6 Å². The monoisotopic (exact) mass is 572 g/mol. The lowest BCUT2D eigenvalue weighted by atomic mass is 9.38. The third-order valence-electron chi connectivity index (χ3n) is 10.8. The van der Waals surface area contributed by atoms with Gasteiger partial charge in [0.15, 0.2) is 24.0 Å². The number of allylic oxidation sites excluding steroid dienone is 1. The summed E-state index contributed by atoms with van der Waals surface area (Å²) >= 11 is 0. The van der Waals surface area contributed by atoms with Crippen molar-refractivity contribution in [1.82, 2.24) is 0 Å². The van der Waals surface area contributed by atoms with Crippen molar-refractivity contribution in [3.63, 3.8) is 0 Å². The minimum Gasteiger partial charge on any atom is -0.460 e. The molecule has 0 amide bonds. The number of carbonyl (C=O) groups excluding carboxylic acids is 2.